The molecule has 1 unspecified atom stereocenters. The number of piperidine rings is 2. The minimum atomic E-state index is 0.0177. The number of hydrogen-bond acceptors (Lipinski definition) is 3. The molecule has 4 nitrogen and oxygen atoms in total. The molecular formula is C22H32N2O2. The van der Waals surface area contributed by atoms with Gasteiger partial charge in [-0.1, -0.05) is 36.8 Å². The smallest absolute Gasteiger partial charge is 0.226 e. The van der Waals surface area contributed by atoms with Crippen LogP contribution in [0.1, 0.15) is 50.5 Å². The summed E-state index contributed by atoms with van der Waals surface area (Å²) in [5, 5.41) is 0. The molecular weight excluding hydrogens is 324 g/mol. The number of carbonyl (C=O) groups is 1. The van der Waals surface area contributed by atoms with Crippen molar-refractivity contribution in [3.05, 3.63) is 35.9 Å². The number of carbonyl (C=O) groups excluding carboxylic acids is 1. The van der Waals surface area contributed by atoms with Crippen LogP contribution in [0.15, 0.2) is 30.3 Å². The summed E-state index contributed by atoms with van der Waals surface area (Å²) >= 11 is 0. The summed E-state index contributed by atoms with van der Waals surface area (Å²) in [7, 11) is 0. The van der Waals surface area contributed by atoms with Gasteiger partial charge in [-0.25, -0.2) is 0 Å². The van der Waals surface area contributed by atoms with Gasteiger partial charge in [0.2, 0.25) is 5.91 Å². The topological polar surface area (TPSA) is 32.8 Å². The number of rotatable bonds is 3. The Hall–Kier alpha value is -1.39. The molecule has 0 aromatic heterocycles. The van der Waals surface area contributed by atoms with E-state index in [2.05, 4.69) is 4.90 Å². The monoisotopic (exact) mass is 356 g/mol. The molecule has 1 spiro atoms. The molecule has 0 bridgehead atoms. The highest BCUT2D eigenvalue weighted by atomic mass is 16.5. The first-order valence-electron chi connectivity index (χ1n) is 10.4. The molecule has 142 valence electrons. The maximum Gasteiger partial charge on any atom is 0.226 e. The van der Waals surface area contributed by atoms with E-state index in [0.29, 0.717) is 12.5 Å². The minimum absolute atomic E-state index is 0.0177. The predicted octanol–water partition coefficient (Wildman–Crippen LogP) is 3.26. The van der Waals surface area contributed by atoms with Crippen molar-refractivity contribution in [2.24, 2.45) is 0 Å². The zero-order valence-corrected chi connectivity index (χ0v) is 15.9. The van der Waals surface area contributed by atoms with Gasteiger partial charge in [0.15, 0.2) is 0 Å². The van der Waals surface area contributed by atoms with Crippen molar-refractivity contribution >= 4 is 5.91 Å². The number of likely N-dealkylation sites (tertiary alicyclic amines) is 2. The van der Waals surface area contributed by atoms with Gasteiger partial charge < -0.3 is 14.5 Å². The average Bonchev–Trinajstić information content (AvgIpc) is 2.70. The lowest BCUT2D eigenvalue weighted by Gasteiger charge is -2.49. The van der Waals surface area contributed by atoms with Crippen LogP contribution in [0, 0.1) is 0 Å². The third kappa shape index (κ3) is 4.12. The minimum Gasteiger partial charge on any atom is -0.375 e. The van der Waals surface area contributed by atoms with Crippen molar-refractivity contribution in [1.29, 1.82) is 0 Å². The Morgan fingerprint density at radius 2 is 1.77 bits per heavy atom. The predicted molar refractivity (Wildman–Crippen MR) is 103 cm³/mol. The van der Waals surface area contributed by atoms with E-state index in [4.69, 9.17) is 4.74 Å². The van der Waals surface area contributed by atoms with Crippen LogP contribution in [-0.4, -0.2) is 60.1 Å². The van der Waals surface area contributed by atoms with Crippen LogP contribution in [-0.2, 0) is 16.0 Å². The lowest BCUT2D eigenvalue weighted by Crippen LogP contribution is -2.55. The summed E-state index contributed by atoms with van der Waals surface area (Å²) in [4.78, 5) is 17.4. The highest BCUT2D eigenvalue weighted by Crippen LogP contribution is 2.37. The highest BCUT2D eigenvalue weighted by Gasteiger charge is 2.42. The Bertz CT molecular complexity index is 589. The molecule has 3 aliphatic heterocycles. The fraction of sp³-hybridized carbons (Fsp3) is 0.682. The third-order valence-corrected chi connectivity index (χ3v) is 6.60. The number of amides is 1. The Morgan fingerprint density at radius 3 is 2.50 bits per heavy atom. The van der Waals surface area contributed by atoms with Crippen molar-refractivity contribution in [3.63, 3.8) is 0 Å². The Kier molecular flexibility index (Phi) is 5.60. The molecule has 0 radical (unpaired) electrons. The molecule has 0 saturated carbocycles. The van der Waals surface area contributed by atoms with Crippen LogP contribution in [0.25, 0.3) is 0 Å². The van der Waals surface area contributed by atoms with Crippen molar-refractivity contribution < 1.29 is 9.53 Å². The third-order valence-electron chi connectivity index (χ3n) is 6.60. The molecule has 3 aliphatic rings. The first-order chi connectivity index (χ1) is 12.7. The fourth-order valence-electron chi connectivity index (χ4n) is 4.99. The largest absolute Gasteiger partial charge is 0.375 e. The van der Waals surface area contributed by atoms with Crippen LogP contribution in [0.4, 0.5) is 0 Å². The molecule has 4 heteroatoms. The summed E-state index contributed by atoms with van der Waals surface area (Å²) in [6.07, 6.45) is 8.95. The van der Waals surface area contributed by atoms with Crippen molar-refractivity contribution in [3.8, 4) is 0 Å². The second-order valence-electron chi connectivity index (χ2n) is 8.32. The van der Waals surface area contributed by atoms with Crippen LogP contribution in [0.5, 0.6) is 0 Å². The molecule has 0 aliphatic carbocycles. The van der Waals surface area contributed by atoms with E-state index in [1.807, 2.05) is 35.2 Å². The maximum atomic E-state index is 12.6. The molecule has 1 amide bonds. The van der Waals surface area contributed by atoms with E-state index in [-0.39, 0.29) is 11.5 Å². The molecule has 1 atom stereocenters. The number of benzene rings is 1. The highest BCUT2D eigenvalue weighted by molar-refractivity contribution is 5.78. The Morgan fingerprint density at radius 1 is 1.04 bits per heavy atom. The SMILES string of the molecule is O=C(Cc1ccccc1)N1CCC2(CC1)CC(N1CCCCC1)CCO2. The maximum absolute atomic E-state index is 12.6. The second-order valence-corrected chi connectivity index (χ2v) is 8.32. The van der Waals surface area contributed by atoms with Crippen molar-refractivity contribution in [1.82, 2.24) is 9.80 Å². The Labute approximate surface area is 157 Å². The van der Waals surface area contributed by atoms with Crippen molar-refractivity contribution in [2.75, 3.05) is 32.8 Å². The molecule has 1 aromatic carbocycles. The molecule has 3 heterocycles. The van der Waals surface area contributed by atoms with Gasteiger partial charge in [-0.15, -0.1) is 0 Å². The summed E-state index contributed by atoms with van der Waals surface area (Å²) < 4.78 is 6.31. The van der Waals surface area contributed by atoms with Gasteiger partial charge in [0.05, 0.1) is 12.0 Å². The average molecular weight is 357 g/mol. The van der Waals surface area contributed by atoms with E-state index in [1.54, 1.807) is 0 Å². The summed E-state index contributed by atoms with van der Waals surface area (Å²) in [5.41, 5.74) is 1.13. The second kappa shape index (κ2) is 8.10. The lowest BCUT2D eigenvalue weighted by atomic mass is 9.81. The first-order valence-corrected chi connectivity index (χ1v) is 10.4. The lowest BCUT2D eigenvalue weighted by molar-refractivity contribution is -0.149. The van der Waals surface area contributed by atoms with E-state index in [1.165, 1.54) is 38.8 Å². The number of hydrogen-bond donors (Lipinski definition) is 0. The molecule has 1 aromatic rings. The van der Waals surface area contributed by atoms with Gasteiger partial charge in [-0.3, -0.25) is 4.79 Å². The van der Waals surface area contributed by atoms with Gasteiger partial charge in [0.1, 0.15) is 0 Å². The van der Waals surface area contributed by atoms with Crippen LogP contribution >= 0.6 is 0 Å². The van der Waals surface area contributed by atoms with Gasteiger partial charge >= 0.3 is 0 Å². The van der Waals surface area contributed by atoms with E-state index >= 15 is 0 Å². The molecule has 3 saturated heterocycles. The molecule has 4 rings (SSSR count). The zero-order valence-electron chi connectivity index (χ0n) is 15.9. The van der Waals surface area contributed by atoms with E-state index < -0.39 is 0 Å². The van der Waals surface area contributed by atoms with Gasteiger partial charge in [0.25, 0.3) is 0 Å². The van der Waals surface area contributed by atoms with Crippen molar-refractivity contribution in [2.45, 2.75) is 63.0 Å². The van der Waals surface area contributed by atoms with Gasteiger partial charge in [-0.2, -0.15) is 0 Å². The molecule has 26 heavy (non-hydrogen) atoms. The number of nitrogens with zero attached hydrogens (tertiary/aromatic N) is 2. The quantitative estimate of drug-likeness (QED) is 0.833. The standard InChI is InChI=1S/C22H32N2O2/c25-21(17-19-7-3-1-4-8-19)24-14-10-22(11-15-24)18-20(9-16-26-22)23-12-5-2-6-13-23/h1,3-4,7-8,20H,2,5-6,9-18H2. The molecule has 3 fully saturated rings. The van der Waals surface area contributed by atoms with Crippen LogP contribution in [0.3, 0.4) is 0 Å². The van der Waals surface area contributed by atoms with Crippen LogP contribution < -0.4 is 0 Å². The Balaban J connectivity index is 1.31. The van der Waals surface area contributed by atoms with Gasteiger partial charge in [-0.05, 0) is 57.2 Å². The first kappa shape index (κ1) is 18.0. The van der Waals surface area contributed by atoms with E-state index in [0.717, 1.165) is 44.5 Å². The fourth-order valence-corrected chi connectivity index (χ4v) is 4.99. The van der Waals surface area contributed by atoms with E-state index in [9.17, 15) is 4.79 Å². The number of ether oxygens (including phenoxy) is 1. The van der Waals surface area contributed by atoms with Gasteiger partial charge in [0, 0.05) is 25.7 Å². The normalized spacial score (nSPS) is 26.8. The molecule has 0 N–H and O–H groups in total. The van der Waals surface area contributed by atoms with Crippen LogP contribution in [0.2, 0.25) is 0 Å². The summed E-state index contributed by atoms with van der Waals surface area (Å²) in [5.74, 6) is 0.259. The summed E-state index contributed by atoms with van der Waals surface area (Å²) in [6, 6.07) is 10.8. The summed E-state index contributed by atoms with van der Waals surface area (Å²) in [6.45, 7) is 5.11. The zero-order chi connectivity index (χ0) is 17.8.